The van der Waals surface area contributed by atoms with Gasteiger partial charge in [0.15, 0.2) is 5.96 Å². The lowest BCUT2D eigenvalue weighted by atomic mass is 10.0. The van der Waals surface area contributed by atoms with Crippen molar-refractivity contribution in [3.63, 3.8) is 0 Å². The van der Waals surface area contributed by atoms with Crippen molar-refractivity contribution < 1.29 is 4.74 Å². The molecule has 1 unspecified atom stereocenters. The van der Waals surface area contributed by atoms with Gasteiger partial charge in [0.1, 0.15) is 5.82 Å². The summed E-state index contributed by atoms with van der Waals surface area (Å²) < 4.78 is 5.51. The van der Waals surface area contributed by atoms with Crippen LogP contribution in [0, 0.1) is 5.92 Å². The predicted octanol–water partition coefficient (Wildman–Crippen LogP) is 2.19. The summed E-state index contributed by atoms with van der Waals surface area (Å²) in [5, 5.41) is 10.3. The van der Waals surface area contributed by atoms with E-state index in [1.54, 1.807) is 0 Å². The number of morpholine rings is 1. The highest BCUT2D eigenvalue weighted by atomic mass is 16.5. The van der Waals surface area contributed by atoms with Crippen LogP contribution in [0.25, 0.3) is 0 Å². The van der Waals surface area contributed by atoms with Crippen molar-refractivity contribution in [1.82, 2.24) is 20.5 Å². The second kappa shape index (κ2) is 13.3. The number of aromatic nitrogens is 1. The molecule has 2 rings (SSSR count). The van der Waals surface area contributed by atoms with Crippen molar-refractivity contribution in [2.24, 2.45) is 10.9 Å². The van der Waals surface area contributed by atoms with Crippen molar-refractivity contribution in [3.05, 3.63) is 24.4 Å². The van der Waals surface area contributed by atoms with Crippen molar-refractivity contribution >= 4 is 11.8 Å². The summed E-state index contributed by atoms with van der Waals surface area (Å²) in [5.41, 5.74) is 0. The lowest BCUT2D eigenvalue weighted by Gasteiger charge is -2.35. The van der Waals surface area contributed by atoms with E-state index in [9.17, 15) is 0 Å². The number of guanidine groups is 1. The Kier molecular flexibility index (Phi) is 10.7. The third-order valence-corrected chi connectivity index (χ3v) is 4.90. The van der Waals surface area contributed by atoms with E-state index in [-0.39, 0.29) is 0 Å². The summed E-state index contributed by atoms with van der Waals surface area (Å²) in [7, 11) is 1.84. The summed E-state index contributed by atoms with van der Waals surface area (Å²) in [5.74, 6) is 2.50. The zero-order chi connectivity index (χ0) is 20.0. The second-order valence-electron chi connectivity index (χ2n) is 7.66. The second-order valence-corrected chi connectivity index (χ2v) is 7.66. The van der Waals surface area contributed by atoms with Gasteiger partial charge in [-0.1, -0.05) is 19.9 Å². The molecule has 1 saturated heterocycles. The van der Waals surface area contributed by atoms with Gasteiger partial charge in [0.05, 0.1) is 13.2 Å². The Hall–Kier alpha value is -1.86. The number of nitrogens with zero attached hydrogens (tertiary/aromatic N) is 3. The van der Waals surface area contributed by atoms with Crippen LogP contribution in [0.15, 0.2) is 29.4 Å². The van der Waals surface area contributed by atoms with Crippen molar-refractivity contribution in [3.8, 4) is 0 Å². The smallest absolute Gasteiger partial charge is 0.191 e. The first-order valence-electron chi connectivity index (χ1n) is 10.6. The molecule has 1 fully saturated rings. The zero-order valence-electron chi connectivity index (χ0n) is 17.8. The first-order chi connectivity index (χ1) is 13.7. The van der Waals surface area contributed by atoms with Crippen LogP contribution in [0.2, 0.25) is 0 Å². The maximum absolute atomic E-state index is 5.51. The van der Waals surface area contributed by atoms with Crippen LogP contribution in [0.1, 0.15) is 33.1 Å². The van der Waals surface area contributed by atoms with Gasteiger partial charge in [-0.25, -0.2) is 4.98 Å². The van der Waals surface area contributed by atoms with E-state index in [2.05, 4.69) is 44.7 Å². The Bertz CT molecular complexity index is 545. The molecule has 28 heavy (non-hydrogen) atoms. The molecule has 0 saturated carbocycles. The molecular formula is C21H38N6O. The summed E-state index contributed by atoms with van der Waals surface area (Å²) in [6.45, 7) is 11.1. The van der Waals surface area contributed by atoms with Crippen LogP contribution in [-0.2, 0) is 4.74 Å². The highest BCUT2D eigenvalue weighted by molar-refractivity contribution is 5.79. The molecule has 1 atom stereocenters. The first kappa shape index (κ1) is 22.4. The molecule has 0 radical (unpaired) electrons. The zero-order valence-corrected chi connectivity index (χ0v) is 17.8. The van der Waals surface area contributed by atoms with Gasteiger partial charge in [-0.05, 0) is 37.3 Å². The van der Waals surface area contributed by atoms with Gasteiger partial charge in [0.2, 0.25) is 0 Å². The van der Waals surface area contributed by atoms with Crippen molar-refractivity contribution in [2.45, 2.75) is 39.2 Å². The average Bonchev–Trinajstić information content (AvgIpc) is 2.73. The van der Waals surface area contributed by atoms with Gasteiger partial charge in [-0.3, -0.25) is 9.89 Å². The summed E-state index contributed by atoms with van der Waals surface area (Å²) in [6.07, 6.45) is 5.16. The number of ether oxygens (including phenoxy) is 1. The predicted molar refractivity (Wildman–Crippen MR) is 117 cm³/mol. The fourth-order valence-electron chi connectivity index (χ4n) is 3.42. The topological polar surface area (TPSA) is 73.8 Å². The summed E-state index contributed by atoms with van der Waals surface area (Å²) in [4.78, 5) is 11.2. The van der Waals surface area contributed by atoms with Crippen molar-refractivity contribution in [1.29, 1.82) is 0 Å². The SMILES string of the molecule is CN=C(NCCCCNc1ccccn1)NCC(CC(C)C)N1CCOCC1. The molecular weight excluding hydrogens is 352 g/mol. The van der Waals surface area contributed by atoms with E-state index in [0.29, 0.717) is 12.0 Å². The number of unbranched alkanes of at least 4 members (excludes halogenated alkanes) is 1. The van der Waals surface area contributed by atoms with E-state index in [1.807, 2.05) is 31.4 Å². The first-order valence-corrected chi connectivity index (χ1v) is 10.6. The Morgan fingerprint density at radius 1 is 1.18 bits per heavy atom. The van der Waals surface area contributed by atoms with E-state index in [0.717, 1.165) is 70.6 Å². The molecule has 3 N–H and O–H groups in total. The summed E-state index contributed by atoms with van der Waals surface area (Å²) in [6, 6.07) is 6.44. The van der Waals surface area contributed by atoms with E-state index in [1.165, 1.54) is 6.42 Å². The standard InChI is InChI=1S/C21H38N6O/c1-18(2)16-19(27-12-14-28-15-13-27)17-26-21(22-3)25-11-7-6-10-24-20-8-4-5-9-23-20/h4-5,8-9,18-19H,6-7,10-17H2,1-3H3,(H,23,24)(H2,22,25,26). The lowest BCUT2D eigenvalue weighted by molar-refractivity contribution is 0.0132. The van der Waals surface area contributed by atoms with Crippen LogP contribution in [0.3, 0.4) is 0 Å². The Morgan fingerprint density at radius 2 is 1.96 bits per heavy atom. The fourth-order valence-corrected chi connectivity index (χ4v) is 3.42. The maximum atomic E-state index is 5.51. The Labute approximate surface area is 170 Å². The van der Waals surface area contributed by atoms with E-state index < -0.39 is 0 Å². The lowest BCUT2D eigenvalue weighted by Crippen LogP contribution is -2.51. The highest BCUT2D eigenvalue weighted by Crippen LogP contribution is 2.13. The molecule has 7 heteroatoms. The summed E-state index contributed by atoms with van der Waals surface area (Å²) >= 11 is 0. The molecule has 1 aliphatic heterocycles. The van der Waals surface area contributed by atoms with Gasteiger partial charge in [0, 0.05) is 52.0 Å². The highest BCUT2D eigenvalue weighted by Gasteiger charge is 2.22. The van der Waals surface area contributed by atoms with E-state index in [4.69, 9.17) is 4.74 Å². The maximum Gasteiger partial charge on any atom is 0.191 e. The van der Waals surface area contributed by atoms with Crippen LogP contribution in [-0.4, -0.2) is 74.9 Å². The van der Waals surface area contributed by atoms with E-state index >= 15 is 0 Å². The fraction of sp³-hybridized carbons (Fsp3) is 0.714. The number of hydrogen-bond donors (Lipinski definition) is 3. The normalized spacial score (nSPS) is 16.8. The van der Waals surface area contributed by atoms with Crippen LogP contribution in [0.4, 0.5) is 5.82 Å². The molecule has 0 spiro atoms. The molecule has 0 amide bonds. The number of anilines is 1. The third-order valence-electron chi connectivity index (χ3n) is 4.90. The average molecular weight is 391 g/mol. The van der Waals surface area contributed by atoms with Crippen LogP contribution >= 0.6 is 0 Å². The van der Waals surface area contributed by atoms with Gasteiger partial charge < -0.3 is 20.7 Å². The number of aliphatic imine (C=N–C) groups is 1. The Balaban J connectivity index is 1.63. The minimum absolute atomic E-state index is 0.519. The minimum atomic E-state index is 0.519. The monoisotopic (exact) mass is 390 g/mol. The molecule has 1 aliphatic rings. The largest absolute Gasteiger partial charge is 0.379 e. The number of nitrogens with one attached hydrogen (secondary N) is 3. The van der Waals surface area contributed by atoms with Crippen LogP contribution < -0.4 is 16.0 Å². The minimum Gasteiger partial charge on any atom is -0.379 e. The van der Waals surface area contributed by atoms with Crippen molar-refractivity contribution in [2.75, 3.05) is 58.3 Å². The van der Waals surface area contributed by atoms with Crippen LogP contribution in [0.5, 0.6) is 0 Å². The molecule has 1 aromatic rings. The van der Waals surface area contributed by atoms with Gasteiger partial charge in [-0.15, -0.1) is 0 Å². The molecule has 0 aromatic carbocycles. The number of rotatable bonds is 11. The van der Waals surface area contributed by atoms with Gasteiger partial charge >= 0.3 is 0 Å². The number of hydrogen-bond acceptors (Lipinski definition) is 5. The molecule has 7 nitrogen and oxygen atoms in total. The third kappa shape index (κ3) is 8.89. The molecule has 0 aliphatic carbocycles. The Morgan fingerprint density at radius 3 is 2.64 bits per heavy atom. The van der Waals surface area contributed by atoms with Gasteiger partial charge in [-0.2, -0.15) is 0 Å². The molecule has 1 aromatic heterocycles. The number of pyridine rings is 1. The van der Waals surface area contributed by atoms with Gasteiger partial charge in [0.25, 0.3) is 0 Å². The molecule has 0 bridgehead atoms. The quantitative estimate of drug-likeness (QED) is 0.306. The molecule has 158 valence electrons. The molecule has 2 heterocycles.